The number of furan rings is 1. The first-order valence-corrected chi connectivity index (χ1v) is 5.03. The summed E-state index contributed by atoms with van der Waals surface area (Å²) in [4.78, 5) is 11.5. The molecule has 0 aliphatic heterocycles. The van der Waals surface area contributed by atoms with Crippen molar-refractivity contribution in [2.24, 2.45) is 5.92 Å². The summed E-state index contributed by atoms with van der Waals surface area (Å²) >= 11 is 0. The summed E-state index contributed by atoms with van der Waals surface area (Å²) in [5, 5.41) is 0. The molecule has 3 nitrogen and oxygen atoms in total. The lowest BCUT2D eigenvalue weighted by atomic mass is 9.88. The van der Waals surface area contributed by atoms with E-state index >= 15 is 0 Å². The number of carbonyl (C=O) groups is 1. The molecule has 0 saturated heterocycles. The Hall–Kier alpha value is -1.25. The van der Waals surface area contributed by atoms with Gasteiger partial charge in [0.2, 0.25) is 0 Å². The molecule has 14 heavy (non-hydrogen) atoms. The molecule has 3 heteroatoms. The summed E-state index contributed by atoms with van der Waals surface area (Å²) in [5.41, 5.74) is 1.24. The van der Waals surface area contributed by atoms with Crippen molar-refractivity contribution in [3.8, 4) is 0 Å². The zero-order valence-corrected chi connectivity index (χ0v) is 8.29. The first-order valence-electron chi connectivity index (χ1n) is 5.03. The van der Waals surface area contributed by atoms with Gasteiger partial charge in [-0.2, -0.15) is 0 Å². The number of fused-ring (bicyclic) bond motifs is 1. The van der Waals surface area contributed by atoms with Crippen LogP contribution >= 0.6 is 0 Å². The molecule has 1 atom stereocenters. The predicted molar refractivity (Wildman–Crippen MR) is 50.9 cm³/mol. The molecule has 0 spiro atoms. The van der Waals surface area contributed by atoms with E-state index in [1.807, 2.05) is 13.0 Å². The minimum Gasteiger partial charge on any atom is -0.469 e. The van der Waals surface area contributed by atoms with Crippen molar-refractivity contribution in [1.82, 2.24) is 0 Å². The predicted octanol–water partition coefficient (Wildman–Crippen LogP) is 1.95. The van der Waals surface area contributed by atoms with Crippen LogP contribution in [0.15, 0.2) is 16.7 Å². The van der Waals surface area contributed by atoms with Gasteiger partial charge in [-0.05, 0) is 31.4 Å². The van der Waals surface area contributed by atoms with Gasteiger partial charge in [0.05, 0.1) is 18.8 Å². The average molecular weight is 194 g/mol. The molecule has 1 aliphatic carbocycles. The van der Waals surface area contributed by atoms with Gasteiger partial charge in [0.25, 0.3) is 0 Å². The minimum absolute atomic E-state index is 0.00593. The highest BCUT2D eigenvalue weighted by molar-refractivity contribution is 5.73. The van der Waals surface area contributed by atoms with Gasteiger partial charge in [-0.1, -0.05) is 0 Å². The number of hydrogen-bond donors (Lipinski definition) is 0. The van der Waals surface area contributed by atoms with Crippen LogP contribution in [0.4, 0.5) is 0 Å². The summed E-state index contributed by atoms with van der Waals surface area (Å²) in [5.74, 6) is 0.859. The van der Waals surface area contributed by atoms with Crippen molar-refractivity contribution < 1.29 is 13.9 Å². The molecular formula is C11H14O3. The Morgan fingerprint density at radius 1 is 1.71 bits per heavy atom. The van der Waals surface area contributed by atoms with Crippen molar-refractivity contribution in [3.05, 3.63) is 23.7 Å². The fraction of sp³-hybridized carbons (Fsp3) is 0.545. The second-order valence-electron chi connectivity index (χ2n) is 3.56. The molecule has 1 heterocycles. The third-order valence-electron chi connectivity index (χ3n) is 2.65. The van der Waals surface area contributed by atoms with Crippen LogP contribution in [0.3, 0.4) is 0 Å². The van der Waals surface area contributed by atoms with Gasteiger partial charge < -0.3 is 9.15 Å². The molecule has 76 valence electrons. The highest BCUT2D eigenvalue weighted by Crippen LogP contribution is 2.26. The fourth-order valence-corrected chi connectivity index (χ4v) is 1.89. The van der Waals surface area contributed by atoms with E-state index in [1.165, 1.54) is 5.56 Å². The summed E-state index contributed by atoms with van der Waals surface area (Å²) in [6.45, 7) is 2.29. The quantitative estimate of drug-likeness (QED) is 0.675. The van der Waals surface area contributed by atoms with Crippen LogP contribution in [0.1, 0.15) is 24.7 Å². The molecule has 0 bridgehead atoms. The molecule has 0 aromatic carbocycles. The monoisotopic (exact) mass is 194 g/mol. The van der Waals surface area contributed by atoms with Gasteiger partial charge in [-0.25, -0.2) is 0 Å². The lowest BCUT2D eigenvalue weighted by Gasteiger charge is -2.19. The molecule has 0 amide bonds. The summed E-state index contributed by atoms with van der Waals surface area (Å²) in [6, 6.07) is 1.98. The Kier molecular flexibility index (Phi) is 2.57. The van der Waals surface area contributed by atoms with E-state index < -0.39 is 0 Å². The van der Waals surface area contributed by atoms with Crippen molar-refractivity contribution >= 4 is 5.97 Å². The van der Waals surface area contributed by atoms with Gasteiger partial charge in [0, 0.05) is 6.42 Å². The molecule has 2 rings (SSSR count). The third kappa shape index (κ3) is 1.67. The summed E-state index contributed by atoms with van der Waals surface area (Å²) in [7, 11) is 0. The molecular weight excluding hydrogens is 180 g/mol. The Labute approximate surface area is 83.0 Å². The van der Waals surface area contributed by atoms with E-state index in [-0.39, 0.29) is 11.9 Å². The molecule has 0 N–H and O–H groups in total. The SMILES string of the molecule is CCOC(=O)[C@@H]1CCc2ccoc2C1. The number of esters is 1. The number of hydrogen-bond acceptors (Lipinski definition) is 3. The van der Waals surface area contributed by atoms with E-state index in [2.05, 4.69) is 0 Å². The Bertz CT molecular complexity index is 327. The zero-order chi connectivity index (χ0) is 9.97. The van der Waals surface area contributed by atoms with Crippen LogP contribution in [-0.4, -0.2) is 12.6 Å². The Morgan fingerprint density at radius 2 is 2.57 bits per heavy atom. The van der Waals surface area contributed by atoms with E-state index in [0.717, 1.165) is 18.6 Å². The van der Waals surface area contributed by atoms with Gasteiger partial charge >= 0.3 is 5.97 Å². The summed E-state index contributed by atoms with van der Waals surface area (Å²) < 4.78 is 10.3. The first kappa shape index (κ1) is 9.31. The van der Waals surface area contributed by atoms with Gasteiger partial charge in [-0.15, -0.1) is 0 Å². The van der Waals surface area contributed by atoms with Crippen LogP contribution in [0.25, 0.3) is 0 Å². The number of carbonyl (C=O) groups excluding carboxylic acids is 1. The average Bonchev–Trinajstić information content (AvgIpc) is 2.64. The van der Waals surface area contributed by atoms with E-state index in [1.54, 1.807) is 6.26 Å². The van der Waals surface area contributed by atoms with Gasteiger partial charge in [-0.3, -0.25) is 4.79 Å². The maximum Gasteiger partial charge on any atom is 0.309 e. The van der Waals surface area contributed by atoms with E-state index in [4.69, 9.17) is 9.15 Å². The van der Waals surface area contributed by atoms with Crippen molar-refractivity contribution in [2.75, 3.05) is 6.61 Å². The minimum atomic E-state index is -0.0884. The molecule has 1 aliphatic rings. The van der Waals surface area contributed by atoms with Crippen LogP contribution in [0, 0.1) is 5.92 Å². The topological polar surface area (TPSA) is 39.4 Å². The smallest absolute Gasteiger partial charge is 0.309 e. The zero-order valence-electron chi connectivity index (χ0n) is 8.29. The molecule has 1 aromatic rings. The van der Waals surface area contributed by atoms with Crippen LogP contribution in [0.2, 0.25) is 0 Å². The van der Waals surface area contributed by atoms with Crippen molar-refractivity contribution in [3.63, 3.8) is 0 Å². The third-order valence-corrected chi connectivity index (χ3v) is 2.65. The molecule has 0 radical (unpaired) electrons. The molecule has 0 unspecified atom stereocenters. The Morgan fingerprint density at radius 3 is 3.36 bits per heavy atom. The second kappa shape index (κ2) is 3.86. The molecule has 0 saturated carbocycles. The largest absolute Gasteiger partial charge is 0.469 e. The highest BCUT2D eigenvalue weighted by Gasteiger charge is 2.27. The number of ether oxygens (including phenoxy) is 1. The maximum atomic E-state index is 11.5. The fourth-order valence-electron chi connectivity index (χ4n) is 1.89. The van der Waals surface area contributed by atoms with Gasteiger partial charge in [0.15, 0.2) is 0 Å². The number of rotatable bonds is 2. The summed E-state index contributed by atoms with van der Waals surface area (Å²) in [6.07, 6.45) is 4.19. The van der Waals surface area contributed by atoms with Crippen LogP contribution in [0.5, 0.6) is 0 Å². The number of aryl methyl sites for hydroxylation is 1. The van der Waals surface area contributed by atoms with Gasteiger partial charge in [0.1, 0.15) is 5.76 Å². The standard InChI is InChI=1S/C11H14O3/c1-2-13-11(12)9-4-3-8-5-6-14-10(8)7-9/h5-6,9H,2-4,7H2,1H3/t9-/m1/s1. The van der Waals surface area contributed by atoms with E-state index in [0.29, 0.717) is 13.0 Å². The lowest BCUT2D eigenvalue weighted by molar-refractivity contribution is -0.148. The van der Waals surface area contributed by atoms with Crippen LogP contribution < -0.4 is 0 Å². The molecule has 1 aromatic heterocycles. The normalized spacial score (nSPS) is 20.2. The molecule has 0 fully saturated rings. The van der Waals surface area contributed by atoms with Crippen molar-refractivity contribution in [1.29, 1.82) is 0 Å². The first-order chi connectivity index (χ1) is 6.81. The highest BCUT2D eigenvalue weighted by atomic mass is 16.5. The lowest BCUT2D eigenvalue weighted by Crippen LogP contribution is -2.23. The van der Waals surface area contributed by atoms with Crippen molar-refractivity contribution in [2.45, 2.75) is 26.2 Å². The van der Waals surface area contributed by atoms with E-state index in [9.17, 15) is 4.79 Å². The second-order valence-corrected chi connectivity index (χ2v) is 3.56. The van der Waals surface area contributed by atoms with Crippen LogP contribution in [-0.2, 0) is 22.4 Å². The maximum absolute atomic E-state index is 11.5. The Balaban J connectivity index is 2.04.